The van der Waals surface area contributed by atoms with Gasteiger partial charge in [0.25, 0.3) is 10.0 Å². The molecule has 0 radical (unpaired) electrons. The van der Waals surface area contributed by atoms with Gasteiger partial charge in [-0.25, -0.2) is 18.4 Å². The second kappa shape index (κ2) is 5.14. The van der Waals surface area contributed by atoms with Crippen LogP contribution in [0.15, 0.2) is 23.6 Å². The number of aryl methyl sites for hydroxylation is 2. The molecule has 0 aliphatic carbocycles. The predicted molar refractivity (Wildman–Crippen MR) is 69.9 cm³/mol. The van der Waals surface area contributed by atoms with Gasteiger partial charge in [0.15, 0.2) is 5.03 Å². The zero-order chi connectivity index (χ0) is 14.0. The maximum atomic E-state index is 12.2. The van der Waals surface area contributed by atoms with Gasteiger partial charge in [-0.1, -0.05) is 6.92 Å². The van der Waals surface area contributed by atoms with Gasteiger partial charge in [0.2, 0.25) is 0 Å². The predicted octanol–water partition coefficient (Wildman–Crippen LogP) is 0.881. The highest BCUT2D eigenvalue weighted by Gasteiger charge is 2.24. The molecule has 2 rings (SSSR count). The van der Waals surface area contributed by atoms with Gasteiger partial charge in [0.1, 0.15) is 11.6 Å². The number of nitrogens with one attached hydrogen (secondary N) is 2. The molecule has 0 amide bonds. The molecule has 0 spiro atoms. The lowest BCUT2D eigenvalue weighted by atomic mass is 10.2. The van der Waals surface area contributed by atoms with E-state index in [1.165, 1.54) is 6.20 Å². The minimum absolute atomic E-state index is 0.0255. The third-order valence-electron chi connectivity index (χ3n) is 2.92. The summed E-state index contributed by atoms with van der Waals surface area (Å²) in [5.41, 5.74) is 0. The van der Waals surface area contributed by atoms with Crippen LogP contribution in [0.25, 0.3) is 0 Å². The fraction of sp³-hybridized carbons (Fsp3) is 0.455. The summed E-state index contributed by atoms with van der Waals surface area (Å²) < 4.78 is 28.7. The van der Waals surface area contributed by atoms with E-state index < -0.39 is 10.0 Å². The Morgan fingerprint density at radius 3 is 2.74 bits per heavy atom. The average molecular weight is 283 g/mol. The van der Waals surface area contributed by atoms with Crippen LogP contribution < -0.4 is 4.72 Å². The minimum Gasteiger partial charge on any atom is -0.347 e. The molecule has 1 unspecified atom stereocenters. The Balaban J connectivity index is 2.25. The first-order chi connectivity index (χ1) is 8.94. The van der Waals surface area contributed by atoms with Gasteiger partial charge in [0.05, 0.1) is 6.04 Å². The van der Waals surface area contributed by atoms with Crippen LogP contribution in [-0.4, -0.2) is 27.9 Å². The van der Waals surface area contributed by atoms with Crippen LogP contribution in [-0.2, 0) is 17.1 Å². The van der Waals surface area contributed by atoms with E-state index in [1.807, 2.05) is 6.92 Å². The van der Waals surface area contributed by atoms with Gasteiger partial charge in [0, 0.05) is 25.6 Å². The Morgan fingerprint density at radius 2 is 2.26 bits per heavy atom. The smallest absolute Gasteiger partial charge is 0.260 e. The highest BCUT2D eigenvalue weighted by Crippen LogP contribution is 2.16. The normalized spacial score (nSPS) is 13.6. The number of sulfonamides is 1. The van der Waals surface area contributed by atoms with Crippen molar-refractivity contribution in [2.45, 2.75) is 31.3 Å². The Bertz CT molecular complexity index is 625. The van der Waals surface area contributed by atoms with Crippen molar-refractivity contribution in [1.82, 2.24) is 24.2 Å². The molecule has 0 aromatic carbocycles. The van der Waals surface area contributed by atoms with Crippen LogP contribution in [0.1, 0.15) is 31.0 Å². The van der Waals surface area contributed by atoms with Crippen molar-refractivity contribution in [1.29, 1.82) is 0 Å². The zero-order valence-electron chi connectivity index (χ0n) is 11.1. The number of imidazole rings is 2. The van der Waals surface area contributed by atoms with Crippen molar-refractivity contribution in [3.05, 3.63) is 30.2 Å². The third kappa shape index (κ3) is 2.85. The lowest BCUT2D eigenvalue weighted by Gasteiger charge is -2.13. The lowest BCUT2D eigenvalue weighted by Crippen LogP contribution is -2.29. The molecule has 0 saturated carbocycles. The first kappa shape index (κ1) is 13.8. The average Bonchev–Trinajstić information content (AvgIpc) is 2.98. The van der Waals surface area contributed by atoms with Gasteiger partial charge in [-0.05, 0) is 13.3 Å². The van der Waals surface area contributed by atoms with Crippen molar-refractivity contribution < 1.29 is 8.42 Å². The molecule has 0 fully saturated rings. The largest absolute Gasteiger partial charge is 0.347 e. The molecular weight excluding hydrogens is 266 g/mol. The molecule has 2 aromatic rings. The molecule has 19 heavy (non-hydrogen) atoms. The SMILES string of the molecule is CCC(NS(=O)(=O)c1cn(C)c(C)n1)c1ncc[nH]1. The molecule has 8 heteroatoms. The van der Waals surface area contributed by atoms with Crippen LogP contribution in [0.2, 0.25) is 0 Å². The van der Waals surface area contributed by atoms with Gasteiger partial charge >= 0.3 is 0 Å². The molecule has 2 N–H and O–H groups in total. The standard InChI is InChI=1S/C11H17N5O2S/c1-4-9(11-12-5-6-13-11)15-19(17,18)10-7-16(3)8(2)14-10/h5-7,9,15H,4H2,1-3H3,(H,12,13). The van der Waals surface area contributed by atoms with E-state index in [2.05, 4.69) is 19.7 Å². The fourth-order valence-electron chi connectivity index (χ4n) is 1.70. The van der Waals surface area contributed by atoms with Crippen molar-refractivity contribution in [2.75, 3.05) is 0 Å². The number of H-pyrrole nitrogens is 1. The van der Waals surface area contributed by atoms with E-state index in [4.69, 9.17) is 0 Å². The molecule has 0 aliphatic heterocycles. The molecule has 104 valence electrons. The first-order valence-corrected chi connectivity index (χ1v) is 7.44. The molecule has 2 aromatic heterocycles. The Hall–Kier alpha value is -1.67. The number of hydrogen-bond acceptors (Lipinski definition) is 4. The van der Waals surface area contributed by atoms with Crippen molar-refractivity contribution >= 4 is 10.0 Å². The zero-order valence-corrected chi connectivity index (χ0v) is 11.9. The summed E-state index contributed by atoms with van der Waals surface area (Å²) in [5, 5.41) is 0.0255. The quantitative estimate of drug-likeness (QED) is 0.852. The molecule has 1 atom stereocenters. The van der Waals surface area contributed by atoms with Crippen LogP contribution in [0.5, 0.6) is 0 Å². The Kier molecular flexibility index (Phi) is 3.72. The topological polar surface area (TPSA) is 92.7 Å². The van der Waals surface area contributed by atoms with Crippen LogP contribution in [0.4, 0.5) is 0 Å². The van der Waals surface area contributed by atoms with Crippen LogP contribution in [0.3, 0.4) is 0 Å². The van der Waals surface area contributed by atoms with E-state index in [0.717, 1.165) is 0 Å². The summed E-state index contributed by atoms with van der Waals surface area (Å²) in [7, 11) is -1.89. The first-order valence-electron chi connectivity index (χ1n) is 5.95. The van der Waals surface area contributed by atoms with Crippen molar-refractivity contribution in [2.24, 2.45) is 7.05 Å². The monoisotopic (exact) mass is 283 g/mol. The van der Waals surface area contributed by atoms with Crippen molar-refractivity contribution in [3.63, 3.8) is 0 Å². The highest BCUT2D eigenvalue weighted by molar-refractivity contribution is 7.89. The second-order valence-electron chi connectivity index (χ2n) is 4.29. The number of hydrogen-bond donors (Lipinski definition) is 2. The van der Waals surface area contributed by atoms with Crippen LogP contribution in [0, 0.1) is 6.92 Å². The van der Waals surface area contributed by atoms with Gasteiger partial charge in [-0.2, -0.15) is 4.72 Å². The van der Waals surface area contributed by atoms with Crippen LogP contribution >= 0.6 is 0 Å². The molecule has 0 bridgehead atoms. The van der Waals surface area contributed by atoms with E-state index in [1.54, 1.807) is 30.9 Å². The summed E-state index contributed by atoms with van der Waals surface area (Å²) in [6.45, 7) is 3.64. The summed E-state index contributed by atoms with van der Waals surface area (Å²) >= 11 is 0. The van der Waals surface area contributed by atoms with E-state index >= 15 is 0 Å². The molecule has 0 saturated heterocycles. The lowest BCUT2D eigenvalue weighted by molar-refractivity contribution is 0.536. The van der Waals surface area contributed by atoms with E-state index in [9.17, 15) is 8.42 Å². The molecular formula is C11H17N5O2S. The van der Waals surface area contributed by atoms with Crippen molar-refractivity contribution in [3.8, 4) is 0 Å². The third-order valence-corrected chi connectivity index (χ3v) is 4.26. The minimum atomic E-state index is -3.64. The molecule has 0 aliphatic rings. The number of nitrogens with zero attached hydrogens (tertiary/aromatic N) is 3. The Morgan fingerprint density at radius 1 is 1.53 bits per heavy atom. The molecule has 7 nitrogen and oxygen atoms in total. The number of aromatic nitrogens is 4. The van der Waals surface area contributed by atoms with Gasteiger partial charge in [-0.3, -0.25) is 0 Å². The Labute approximate surface area is 112 Å². The summed E-state index contributed by atoms with van der Waals surface area (Å²) in [6.07, 6.45) is 5.35. The maximum absolute atomic E-state index is 12.2. The number of aromatic amines is 1. The number of rotatable bonds is 5. The highest BCUT2D eigenvalue weighted by atomic mass is 32.2. The summed E-state index contributed by atoms with van der Waals surface area (Å²) in [5.74, 6) is 1.24. The molecule has 2 heterocycles. The maximum Gasteiger partial charge on any atom is 0.260 e. The fourth-order valence-corrected chi connectivity index (χ4v) is 3.03. The summed E-state index contributed by atoms with van der Waals surface area (Å²) in [6, 6.07) is -0.387. The second-order valence-corrected chi connectivity index (χ2v) is 5.95. The summed E-state index contributed by atoms with van der Waals surface area (Å²) in [4.78, 5) is 11.0. The van der Waals surface area contributed by atoms with E-state index in [-0.39, 0.29) is 11.1 Å². The van der Waals surface area contributed by atoms with Gasteiger partial charge in [-0.15, -0.1) is 0 Å². The van der Waals surface area contributed by atoms with Gasteiger partial charge < -0.3 is 9.55 Å². The van der Waals surface area contributed by atoms with E-state index in [0.29, 0.717) is 18.1 Å².